The van der Waals surface area contributed by atoms with Crippen LogP contribution in [-0.2, 0) is 10.8 Å². The highest BCUT2D eigenvalue weighted by molar-refractivity contribution is 7.26. The zero-order valence-corrected chi connectivity index (χ0v) is 40.2. The molecule has 0 fully saturated rings. The van der Waals surface area contributed by atoms with Gasteiger partial charge in [-0.2, -0.15) is 0 Å². The van der Waals surface area contributed by atoms with Crippen molar-refractivity contribution in [1.82, 2.24) is 0 Å². The first-order chi connectivity index (χ1) is 34.5. The quantitative estimate of drug-likeness (QED) is 0.159. The second-order valence-electron chi connectivity index (χ2n) is 20.1. The Morgan fingerprint density at radius 3 is 1.90 bits per heavy atom. The molecular weight excluding hydrogens is 862 g/mol. The zero-order valence-electron chi connectivity index (χ0n) is 39.4. The molecule has 0 N–H and O–H groups in total. The van der Waals surface area contributed by atoms with Gasteiger partial charge >= 0.3 is 6.85 Å². The monoisotopic (exact) mass is 908 g/mol. The van der Waals surface area contributed by atoms with E-state index in [0.717, 1.165) is 7.28 Å². The summed E-state index contributed by atoms with van der Waals surface area (Å²) in [6, 6.07) is 83.4. The number of anilines is 5. The van der Waals surface area contributed by atoms with E-state index in [9.17, 15) is 0 Å². The molecule has 2 nitrogen and oxygen atoms in total. The standard InChI is InChI=1S/C65H46B2N2S/c1-64(2)49-29-15-13-27-45(49)58-51(64)35-36-53-62(58)68(54-37-34-43(66-3)38-47(54)40-20-7-4-8-21-40)56-39-48-44-26-14-18-33-57(44)70-63(48)59-46-28-19-31-52-61(46)69(67(53)60(56)59)55-32-17-16-30-50(55)65(52,41-22-9-5-10-23-41)42-24-11-6-12-25-42/h4-39,66H,1-3H3. The minimum atomic E-state index is -0.592. The van der Waals surface area contributed by atoms with Gasteiger partial charge in [0.2, 0.25) is 0 Å². The molecule has 1 aliphatic carbocycles. The summed E-state index contributed by atoms with van der Waals surface area (Å²) < 4.78 is 2.66. The van der Waals surface area contributed by atoms with Crippen LogP contribution in [0.25, 0.3) is 53.6 Å². The molecule has 0 radical (unpaired) electrons. The predicted octanol–water partition coefficient (Wildman–Crippen LogP) is 14.5. The third-order valence-corrected chi connectivity index (χ3v) is 17.7. The van der Waals surface area contributed by atoms with Crippen LogP contribution in [0.2, 0.25) is 6.82 Å². The molecule has 0 spiro atoms. The summed E-state index contributed by atoms with van der Waals surface area (Å²) in [7, 11) is 0.957. The van der Waals surface area contributed by atoms with Crippen LogP contribution in [0.1, 0.15) is 47.2 Å². The molecule has 5 heteroatoms. The maximum absolute atomic E-state index is 2.78. The van der Waals surface area contributed by atoms with Crippen molar-refractivity contribution in [2.75, 3.05) is 9.71 Å². The van der Waals surface area contributed by atoms with E-state index in [2.05, 4.69) is 249 Å². The number of hydrogen-bond acceptors (Lipinski definition) is 3. The van der Waals surface area contributed by atoms with Gasteiger partial charge in [-0.05, 0) is 79.7 Å². The second kappa shape index (κ2) is 14.6. The molecule has 0 saturated heterocycles. The van der Waals surface area contributed by atoms with Gasteiger partial charge in [-0.25, -0.2) is 0 Å². The molecule has 0 amide bonds. The van der Waals surface area contributed by atoms with Gasteiger partial charge in [0.05, 0.1) is 16.8 Å². The Morgan fingerprint density at radius 2 is 1.13 bits per heavy atom. The Labute approximate surface area is 414 Å². The Balaban J connectivity index is 1.16. The van der Waals surface area contributed by atoms with Crippen molar-refractivity contribution in [3.8, 4) is 33.4 Å². The highest BCUT2D eigenvalue weighted by atomic mass is 32.1. The summed E-state index contributed by atoms with van der Waals surface area (Å²) in [5.74, 6) is 0. The molecule has 328 valence electrons. The van der Waals surface area contributed by atoms with E-state index in [1.54, 1.807) is 0 Å². The highest BCUT2D eigenvalue weighted by Crippen LogP contribution is 2.63. The van der Waals surface area contributed by atoms with Crippen molar-refractivity contribution in [2.24, 2.45) is 0 Å². The molecule has 4 aliphatic rings. The SMILES string of the molecule is CBc1ccc(N2c3cc4c(sc5ccccc54)c4c3B(c3ccc5c(c32)-c2ccccc2C5(C)C)N2c3ccccc3C(c3ccccc3)(c3ccccc3)c3cccc-4c32)c(-c2ccccc2)c1. The Morgan fingerprint density at radius 1 is 0.471 bits per heavy atom. The highest BCUT2D eigenvalue weighted by Gasteiger charge is 2.55. The molecule has 1 aromatic heterocycles. The van der Waals surface area contributed by atoms with Gasteiger partial charge in [0, 0.05) is 64.9 Å². The first-order valence-electron chi connectivity index (χ1n) is 24.9. The van der Waals surface area contributed by atoms with Gasteiger partial charge in [-0.3, -0.25) is 0 Å². The van der Waals surface area contributed by atoms with Crippen LogP contribution in [0.4, 0.5) is 28.4 Å². The van der Waals surface area contributed by atoms with E-state index < -0.39 is 5.41 Å². The first-order valence-corrected chi connectivity index (χ1v) is 25.7. The van der Waals surface area contributed by atoms with Crippen molar-refractivity contribution in [3.63, 3.8) is 0 Å². The Bertz CT molecular complexity index is 3950. The van der Waals surface area contributed by atoms with Crippen LogP contribution in [0.5, 0.6) is 0 Å². The average molecular weight is 909 g/mol. The molecule has 15 rings (SSSR count). The molecule has 10 aromatic carbocycles. The van der Waals surface area contributed by atoms with Crippen LogP contribution in [0, 0.1) is 0 Å². The largest absolute Gasteiger partial charge is 0.376 e. The summed E-state index contributed by atoms with van der Waals surface area (Å²) in [5, 5.41) is 2.61. The molecule has 3 aliphatic heterocycles. The fourth-order valence-electron chi connectivity index (χ4n) is 13.5. The maximum Gasteiger partial charge on any atom is 0.333 e. The van der Waals surface area contributed by atoms with E-state index >= 15 is 0 Å². The van der Waals surface area contributed by atoms with Crippen LogP contribution < -0.4 is 26.1 Å². The summed E-state index contributed by atoms with van der Waals surface area (Å²) in [4.78, 5) is 5.50. The second-order valence-corrected chi connectivity index (χ2v) is 21.2. The van der Waals surface area contributed by atoms with Gasteiger partial charge in [0.15, 0.2) is 7.28 Å². The molecule has 0 saturated carbocycles. The number of fused-ring (bicyclic) bond motifs is 14. The molecule has 11 aromatic rings. The predicted molar refractivity (Wildman–Crippen MR) is 301 cm³/mol. The van der Waals surface area contributed by atoms with Crippen LogP contribution in [0.3, 0.4) is 0 Å². The lowest BCUT2D eigenvalue weighted by atomic mass is 9.41. The third kappa shape index (κ3) is 5.10. The van der Waals surface area contributed by atoms with Crippen LogP contribution in [0.15, 0.2) is 218 Å². The molecule has 0 bridgehead atoms. The number of hydrogen-bond donors (Lipinski definition) is 0. The lowest BCUT2D eigenvalue weighted by Gasteiger charge is -2.53. The van der Waals surface area contributed by atoms with Crippen molar-refractivity contribution in [2.45, 2.75) is 31.5 Å². The zero-order chi connectivity index (χ0) is 46.5. The van der Waals surface area contributed by atoms with E-state index in [4.69, 9.17) is 0 Å². The van der Waals surface area contributed by atoms with Crippen molar-refractivity contribution < 1.29 is 0 Å². The minimum absolute atomic E-state index is 0.151. The van der Waals surface area contributed by atoms with Gasteiger partial charge in [0.25, 0.3) is 0 Å². The van der Waals surface area contributed by atoms with Crippen molar-refractivity contribution >= 4 is 90.5 Å². The minimum Gasteiger partial charge on any atom is -0.376 e. The summed E-state index contributed by atoms with van der Waals surface area (Å²) >= 11 is 1.95. The van der Waals surface area contributed by atoms with Crippen LogP contribution >= 0.6 is 11.3 Å². The Kier molecular flexibility index (Phi) is 8.35. The smallest absolute Gasteiger partial charge is 0.333 e. The molecule has 4 heterocycles. The summed E-state index contributed by atoms with van der Waals surface area (Å²) in [6.07, 6.45) is 0. The molecule has 70 heavy (non-hydrogen) atoms. The third-order valence-electron chi connectivity index (χ3n) is 16.5. The fourth-order valence-corrected chi connectivity index (χ4v) is 14.7. The molecular formula is C65H46B2N2S. The number of thiophene rings is 1. The maximum atomic E-state index is 2.78. The number of benzene rings is 10. The normalized spacial score (nSPS) is 14.9. The van der Waals surface area contributed by atoms with E-state index in [0.29, 0.717) is 0 Å². The van der Waals surface area contributed by atoms with E-state index in [1.165, 1.54) is 132 Å². The molecule has 0 atom stereocenters. The lowest BCUT2D eigenvalue weighted by Crippen LogP contribution is -2.63. The van der Waals surface area contributed by atoms with Crippen LogP contribution in [-0.4, -0.2) is 14.1 Å². The summed E-state index contributed by atoms with van der Waals surface area (Å²) in [6.45, 7) is 6.97. The topological polar surface area (TPSA) is 6.48 Å². The first kappa shape index (κ1) is 40.1. The summed E-state index contributed by atoms with van der Waals surface area (Å²) in [5.41, 5.74) is 25.1. The van der Waals surface area contributed by atoms with Gasteiger partial charge in [-0.1, -0.05) is 220 Å². The average Bonchev–Trinajstić information content (AvgIpc) is 3.91. The van der Waals surface area contributed by atoms with Gasteiger partial charge in [0.1, 0.15) is 0 Å². The lowest BCUT2D eigenvalue weighted by molar-refractivity contribution is 0.660. The van der Waals surface area contributed by atoms with Gasteiger partial charge in [-0.15, -0.1) is 11.3 Å². The fraction of sp³-hybridized carbons (Fsp3) is 0.0769. The number of para-hydroxylation sites is 2. The molecule has 0 unspecified atom stereocenters. The number of nitrogens with zero attached hydrogens (tertiary/aromatic N) is 2. The van der Waals surface area contributed by atoms with Crippen molar-refractivity contribution in [1.29, 1.82) is 0 Å². The number of rotatable bonds is 5. The van der Waals surface area contributed by atoms with E-state index in [1.807, 2.05) is 11.3 Å². The van der Waals surface area contributed by atoms with E-state index in [-0.39, 0.29) is 12.3 Å². The Hall–Kier alpha value is -7.85. The van der Waals surface area contributed by atoms with Crippen molar-refractivity contribution in [3.05, 3.63) is 252 Å². The van der Waals surface area contributed by atoms with Gasteiger partial charge < -0.3 is 9.71 Å².